The first-order chi connectivity index (χ1) is 24.0. The number of carbonyl (C=O) groups is 2. The van der Waals surface area contributed by atoms with E-state index in [2.05, 4.69) is 15.1 Å². The number of aliphatic carboxylic acids is 1. The highest BCUT2D eigenvalue weighted by atomic mass is 19.4. The second kappa shape index (κ2) is 15.5. The maximum atomic E-state index is 15.5. The van der Waals surface area contributed by atoms with Crippen molar-refractivity contribution in [3.8, 4) is 28.8 Å². The van der Waals surface area contributed by atoms with Gasteiger partial charge in [-0.05, 0) is 64.0 Å². The lowest BCUT2D eigenvalue weighted by Crippen LogP contribution is -2.39. The van der Waals surface area contributed by atoms with Crippen LogP contribution in [-0.2, 0) is 20.9 Å². The summed E-state index contributed by atoms with van der Waals surface area (Å²) in [5, 5.41) is 21.8. The zero-order valence-electron chi connectivity index (χ0n) is 27.3. The summed E-state index contributed by atoms with van der Waals surface area (Å²) in [6.07, 6.45) is -0.921. The zero-order valence-corrected chi connectivity index (χ0v) is 27.3. The number of halogens is 6. The first kappa shape index (κ1) is 38.1. The number of hydrogen-bond donors (Lipinski definition) is 2. The number of nitrogens with zero attached hydrogens (tertiary/aromatic N) is 6. The molecule has 270 valence electrons. The number of hydrogen-bond acceptors (Lipinski definition) is 9. The van der Waals surface area contributed by atoms with Crippen LogP contribution in [0.15, 0.2) is 54.4 Å². The second-order valence-corrected chi connectivity index (χ2v) is 11.6. The van der Waals surface area contributed by atoms with Crippen LogP contribution in [0.2, 0.25) is 0 Å². The number of amides is 1. The molecule has 3 N–H and O–H groups in total. The van der Waals surface area contributed by atoms with Gasteiger partial charge in [0.25, 0.3) is 5.91 Å². The fourth-order valence-electron chi connectivity index (χ4n) is 5.34. The molecular weight excluding hydrogens is 688 g/mol. The van der Waals surface area contributed by atoms with Gasteiger partial charge in [0.15, 0.2) is 17.2 Å². The van der Waals surface area contributed by atoms with E-state index in [0.29, 0.717) is 30.6 Å². The highest BCUT2D eigenvalue weighted by molar-refractivity contribution is 5.99. The standard InChI is InChI=1S/C31H30F3N7O3.C2HF3O2/c1-4-43-31(2,3)14-18(15-35)30(42)40-12-6-7-19(40)16-41-29-25(28(36)37-17-38-29)27(39-41)21-11-10-20(13-23(21)33)44-24-9-5-8-22(32)26(24)34;3-2(4,5)1(6)7/h5,8-11,13-14,17,19H,4,6-7,12,16H2,1-3H3,(H2,36,37,38);(H,6,7). The van der Waals surface area contributed by atoms with Crippen molar-refractivity contribution in [2.45, 2.75) is 58.0 Å². The normalized spacial score (nSPS) is 14.9. The fraction of sp³-hybridized carbons (Fsp3) is 0.333. The van der Waals surface area contributed by atoms with Gasteiger partial charge in [-0.15, -0.1) is 0 Å². The summed E-state index contributed by atoms with van der Waals surface area (Å²) in [7, 11) is 0. The van der Waals surface area contributed by atoms with E-state index in [1.54, 1.807) is 23.4 Å². The van der Waals surface area contributed by atoms with Crippen LogP contribution in [-0.4, -0.2) is 72.6 Å². The number of nitrogen functional groups attached to an aromatic ring is 1. The topological polar surface area (TPSA) is 169 Å². The molecule has 1 amide bonds. The number of rotatable bonds is 9. The minimum atomic E-state index is -5.08. The summed E-state index contributed by atoms with van der Waals surface area (Å²) >= 11 is 0. The predicted octanol–water partition coefficient (Wildman–Crippen LogP) is 6.17. The van der Waals surface area contributed by atoms with E-state index in [1.165, 1.54) is 36.7 Å². The molecule has 0 spiro atoms. The number of benzene rings is 2. The largest absolute Gasteiger partial charge is 0.490 e. The molecule has 4 aromatic rings. The van der Waals surface area contributed by atoms with Crippen molar-refractivity contribution in [1.82, 2.24) is 24.6 Å². The summed E-state index contributed by atoms with van der Waals surface area (Å²) in [5.41, 5.74) is 5.92. The van der Waals surface area contributed by atoms with E-state index in [0.717, 1.165) is 18.6 Å². The minimum absolute atomic E-state index is 0.0181. The average Bonchev–Trinajstić information content (AvgIpc) is 3.67. The highest BCUT2D eigenvalue weighted by Gasteiger charge is 2.38. The molecule has 12 nitrogen and oxygen atoms in total. The number of ether oxygens (including phenoxy) is 2. The van der Waals surface area contributed by atoms with Crippen molar-refractivity contribution in [3.63, 3.8) is 0 Å². The van der Waals surface area contributed by atoms with E-state index in [1.807, 2.05) is 13.0 Å². The van der Waals surface area contributed by atoms with Crippen LogP contribution in [0.1, 0.15) is 33.6 Å². The van der Waals surface area contributed by atoms with Gasteiger partial charge in [0, 0.05) is 24.8 Å². The number of likely N-dealkylation sites (tertiary alicyclic amines) is 1. The molecule has 2 aromatic carbocycles. The molecular formula is C33H31F6N7O5. The molecule has 51 heavy (non-hydrogen) atoms. The lowest BCUT2D eigenvalue weighted by Gasteiger charge is -2.26. The van der Waals surface area contributed by atoms with Gasteiger partial charge in [0.2, 0.25) is 5.82 Å². The van der Waals surface area contributed by atoms with Crippen molar-refractivity contribution in [3.05, 3.63) is 71.8 Å². The Labute approximate surface area is 286 Å². The molecule has 0 saturated carbocycles. The SMILES string of the molecule is CCOC(C)(C)C=C(C#N)C(=O)N1CCCC1Cn1nc(-c2ccc(Oc3cccc(F)c3F)cc2F)c2c(N)ncnc21.O=C(O)C(F)(F)F. The lowest BCUT2D eigenvalue weighted by atomic mass is 10.0. The van der Waals surface area contributed by atoms with Crippen LogP contribution in [0.25, 0.3) is 22.3 Å². The maximum absolute atomic E-state index is 15.5. The van der Waals surface area contributed by atoms with E-state index in [4.69, 9.17) is 25.1 Å². The van der Waals surface area contributed by atoms with Crippen molar-refractivity contribution >= 4 is 28.7 Å². The van der Waals surface area contributed by atoms with Gasteiger partial charge in [-0.2, -0.15) is 27.9 Å². The molecule has 2 aromatic heterocycles. The van der Waals surface area contributed by atoms with Crippen molar-refractivity contribution < 1.29 is 50.5 Å². The second-order valence-electron chi connectivity index (χ2n) is 11.6. The first-order valence-corrected chi connectivity index (χ1v) is 15.2. The molecule has 0 bridgehead atoms. The number of fused-ring (bicyclic) bond motifs is 1. The number of anilines is 1. The van der Waals surface area contributed by atoms with E-state index in [9.17, 15) is 32.0 Å². The molecule has 3 heterocycles. The van der Waals surface area contributed by atoms with Gasteiger partial charge in [-0.25, -0.2) is 28.2 Å². The van der Waals surface area contributed by atoms with Gasteiger partial charge in [-0.3, -0.25) is 4.79 Å². The summed E-state index contributed by atoms with van der Waals surface area (Å²) in [6.45, 7) is 6.46. The van der Waals surface area contributed by atoms with Crippen molar-refractivity contribution in [2.75, 3.05) is 18.9 Å². The maximum Gasteiger partial charge on any atom is 0.490 e. The third-order valence-corrected chi connectivity index (χ3v) is 7.52. The van der Waals surface area contributed by atoms with Gasteiger partial charge in [0.1, 0.15) is 41.0 Å². The minimum Gasteiger partial charge on any atom is -0.475 e. The lowest BCUT2D eigenvalue weighted by molar-refractivity contribution is -0.192. The van der Waals surface area contributed by atoms with Crippen molar-refractivity contribution in [1.29, 1.82) is 5.26 Å². The smallest absolute Gasteiger partial charge is 0.475 e. The number of alkyl halides is 3. The Morgan fingerprint density at radius 3 is 2.47 bits per heavy atom. The van der Waals surface area contributed by atoms with E-state index >= 15 is 4.39 Å². The van der Waals surface area contributed by atoms with Gasteiger partial charge in [0.05, 0.1) is 23.6 Å². The van der Waals surface area contributed by atoms with Crippen LogP contribution >= 0.6 is 0 Å². The van der Waals surface area contributed by atoms with Gasteiger partial charge < -0.3 is 25.2 Å². The average molecular weight is 720 g/mol. The van der Waals surface area contributed by atoms with E-state index in [-0.39, 0.29) is 41.0 Å². The Balaban J connectivity index is 0.000000755. The van der Waals surface area contributed by atoms with E-state index < -0.39 is 46.9 Å². The zero-order chi connectivity index (χ0) is 37.7. The summed E-state index contributed by atoms with van der Waals surface area (Å²) < 4.78 is 87.5. The molecule has 18 heteroatoms. The predicted molar refractivity (Wildman–Crippen MR) is 169 cm³/mol. The monoisotopic (exact) mass is 719 g/mol. The van der Waals surface area contributed by atoms with Crippen LogP contribution in [0, 0.1) is 28.8 Å². The number of aromatic nitrogens is 4. The highest BCUT2D eigenvalue weighted by Crippen LogP contribution is 2.35. The van der Waals surface area contributed by atoms with Crippen LogP contribution in [0.5, 0.6) is 11.5 Å². The number of carboxylic acids is 1. The quantitative estimate of drug-likeness (QED) is 0.116. The Morgan fingerprint density at radius 1 is 1.14 bits per heavy atom. The van der Waals surface area contributed by atoms with Crippen LogP contribution in [0.4, 0.5) is 32.2 Å². The molecule has 1 saturated heterocycles. The third kappa shape index (κ3) is 8.91. The Hall–Kier alpha value is -5.70. The number of carboxylic acid groups (broad SMARTS) is 1. The number of carbonyl (C=O) groups excluding carboxylic acids is 1. The number of nitriles is 1. The van der Waals surface area contributed by atoms with Gasteiger partial charge >= 0.3 is 12.1 Å². The molecule has 1 aliphatic rings. The fourth-order valence-corrected chi connectivity index (χ4v) is 5.34. The number of nitrogens with two attached hydrogens (primary N) is 1. The third-order valence-electron chi connectivity index (χ3n) is 7.52. The van der Waals surface area contributed by atoms with Crippen LogP contribution in [0.3, 0.4) is 0 Å². The molecule has 0 radical (unpaired) electrons. The molecule has 5 rings (SSSR count). The summed E-state index contributed by atoms with van der Waals surface area (Å²) in [6, 6.07) is 8.94. The van der Waals surface area contributed by atoms with Gasteiger partial charge in [-0.1, -0.05) is 6.07 Å². The van der Waals surface area contributed by atoms with Crippen LogP contribution < -0.4 is 10.5 Å². The molecule has 1 unspecified atom stereocenters. The Kier molecular flexibility index (Phi) is 11.6. The molecule has 1 aliphatic heterocycles. The first-order valence-electron chi connectivity index (χ1n) is 15.2. The van der Waals surface area contributed by atoms with Crippen molar-refractivity contribution in [2.24, 2.45) is 0 Å². The molecule has 0 aliphatic carbocycles. The Morgan fingerprint density at radius 2 is 1.84 bits per heavy atom. The molecule has 1 atom stereocenters. The Bertz CT molecular complexity index is 2010. The summed E-state index contributed by atoms with van der Waals surface area (Å²) in [4.78, 5) is 32.4. The molecule has 1 fully saturated rings. The summed E-state index contributed by atoms with van der Waals surface area (Å²) in [5.74, 6) is -6.59.